The van der Waals surface area contributed by atoms with Crippen LogP contribution in [0.4, 0.5) is 4.39 Å². The second-order valence-electron chi connectivity index (χ2n) is 3.46. The Labute approximate surface area is 88.8 Å². The lowest BCUT2D eigenvalue weighted by atomic mass is 10.1. The molecule has 1 nitrogen and oxygen atoms in total. The molecule has 14 heavy (non-hydrogen) atoms. The number of halogens is 2. The second-order valence-corrected chi connectivity index (χ2v) is 3.87. The molecule has 0 aliphatic carbocycles. The SMILES string of the molecule is CC(C)OC(C)c1c(F)cccc1Cl. The van der Waals surface area contributed by atoms with Crippen molar-refractivity contribution in [3.8, 4) is 0 Å². The van der Waals surface area contributed by atoms with E-state index in [0.717, 1.165) is 0 Å². The Morgan fingerprint density at radius 1 is 1.29 bits per heavy atom. The lowest BCUT2D eigenvalue weighted by Gasteiger charge is -2.18. The Balaban J connectivity index is 2.94. The Kier molecular flexibility index (Phi) is 3.90. The molecule has 0 saturated carbocycles. The molecule has 0 fully saturated rings. The minimum absolute atomic E-state index is 0.0562. The molecule has 1 aromatic carbocycles. The molecule has 0 radical (unpaired) electrons. The van der Waals surface area contributed by atoms with Crippen LogP contribution in [0.1, 0.15) is 32.4 Å². The van der Waals surface area contributed by atoms with Crippen molar-refractivity contribution in [1.29, 1.82) is 0 Å². The van der Waals surface area contributed by atoms with Crippen LogP contribution in [-0.2, 0) is 4.74 Å². The van der Waals surface area contributed by atoms with Gasteiger partial charge in [0.2, 0.25) is 0 Å². The number of benzene rings is 1. The second kappa shape index (κ2) is 4.76. The van der Waals surface area contributed by atoms with Gasteiger partial charge in [-0.05, 0) is 32.9 Å². The number of rotatable bonds is 3. The van der Waals surface area contributed by atoms with E-state index < -0.39 is 0 Å². The highest BCUT2D eigenvalue weighted by Gasteiger charge is 2.15. The van der Waals surface area contributed by atoms with Gasteiger partial charge in [0.1, 0.15) is 5.82 Å². The Morgan fingerprint density at radius 2 is 1.93 bits per heavy atom. The van der Waals surface area contributed by atoms with Gasteiger partial charge in [-0.2, -0.15) is 0 Å². The van der Waals surface area contributed by atoms with Gasteiger partial charge in [0.25, 0.3) is 0 Å². The molecule has 1 unspecified atom stereocenters. The van der Waals surface area contributed by atoms with E-state index in [9.17, 15) is 4.39 Å². The molecule has 78 valence electrons. The molecule has 1 aromatic rings. The Bertz CT molecular complexity index is 292. The number of ether oxygens (including phenoxy) is 1. The molecule has 0 aromatic heterocycles. The van der Waals surface area contributed by atoms with E-state index in [1.165, 1.54) is 6.07 Å². The molecule has 0 N–H and O–H groups in total. The van der Waals surface area contributed by atoms with Crippen LogP contribution in [0, 0.1) is 5.82 Å². The van der Waals surface area contributed by atoms with E-state index in [0.29, 0.717) is 10.6 Å². The quantitative estimate of drug-likeness (QED) is 0.743. The highest BCUT2D eigenvalue weighted by Crippen LogP contribution is 2.28. The van der Waals surface area contributed by atoms with Crippen LogP contribution in [0.5, 0.6) is 0 Å². The fourth-order valence-corrected chi connectivity index (χ4v) is 1.69. The summed E-state index contributed by atoms with van der Waals surface area (Å²) in [5.74, 6) is -0.314. The van der Waals surface area contributed by atoms with Crippen molar-refractivity contribution in [2.75, 3.05) is 0 Å². The summed E-state index contributed by atoms with van der Waals surface area (Å²) < 4.78 is 18.9. The first-order valence-corrected chi connectivity index (χ1v) is 4.99. The maximum absolute atomic E-state index is 13.4. The highest BCUT2D eigenvalue weighted by atomic mass is 35.5. The zero-order valence-electron chi connectivity index (χ0n) is 8.55. The summed E-state index contributed by atoms with van der Waals surface area (Å²) in [6, 6.07) is 4.64. The molecule has 0 spiro atoms. The standard InChI is InChI=1S/C11H14ClFO/c1-7(2)14-8(3)11-9(12)5-4-6-10(11)13/h4-8H,1-3H3. The fraction of sp³-hybridized carbons (Fsp3) is 0.455. The Morgan fingerprint density at radius 3 is 2.43 bits per heavy atom. The summed E-state index contributed by atoms with van der Waals surface area (Å²) in [7, 11) is 0. The van der Waals surface area contributed by atoms with Crippen LogP contribution in [0.2, 0.25) is 5.02 Å². The van der Waals surface area contributed by atoms with Gasteiger partial charge in [0, 0.05) is 10.6 Å². The molecular weight excluding hydrogens is 203 g/mol. The average Bonchev–Trinajstić information content (AvgIpc) is 2.01. The normalized spacial score (nSPS) is 13.3. The van der Waals surface area contributed by atoms with Gasteiger partial charge in [-0.15, -0.1) is 0 Å². The van der Waals surface area contributed by atoms with E-state index in [2.05, 4.69) is 0 Å². The minimum atomic E-state index is -0.316. The third-order valence-electron chi connectivity index (χ3n) is 1.88. The van der Waals surface area contributed by atoms with Crippen molar-refractivity contribution in [2.24, 2.45) is 0 Å². The van der Waals surface area contributed by atoms with Crippen LogP contribution >= 0.6 is 11.6 Å². The molecule has 0 heterocycles. The van der Waals surface area contributed by atoms with Gasteiger partial charge in [-0.3, -0.25) is 0 Å². The fourth-order valence-electron chi connectivity index (χ4n) is 1.38. The van der Waals surface area contributed by atoms with Crippen molar-refractivity contribution in [3.05, 3.63) is 34.6 Å². The third kappa shape index (κ3) is 2.69. The van der Waals surface area contributed by atoms with Crippen LogP contribution < -0.4 is 0 Å². The van der Waals surface area contributed by atoms with Crippen LogP contribution in [-0.4, -0.2) is 6.10 Å². The molecule has 0 bridgehead atoms. The number of hydrogen-bond donors (Lipinski definition) is 0. The molecule has 3 heteroatoms. The first-order chi connectivity index (χ1) is 6.52. The predicted octanol–water partition coefficient (Wildman–Crippen LogP) is 3.97. The lowest BCUT2D eigenvalue weighted by Crippen LogP contribution is -2.09. The summed E-state index contributed by atoms with van der Waals surface area (Å²) in [5.41, 5.74) is 0.433. The summed E-state index contributed by atoms with van der Waals surface area (Å²) in [6.45, 7) is 5.61. The van der Waals surface area contributed by atoms with E-state index >= 15 is 0 Å². The predicted molar refractivity (Wildman–Crippen MR) is 56.0 cm³/mol. The lowest BCUT2D eigenvalue weighted by molar-refractivity contribution is 0.0160. The topological polar surface area (TPSA) is 9.23 Å². The summed E-state index contributed by atoms with van der Waals surface area (Å²) in [4.78, 5) is 0. The zero-order valence-corrected chi connectivity index (χ0v) is 9.31. The summed E-state index contributed by atoms with van der Waals surface area (Å²) in [6.07, 6.45) is -0.260. The average molecular weight is 217 g/mol. The van der Waals surface area contributed by atoms with Crippen molar-refractivity contribution in [2.45, 2.75) is 33.0 Å². The van der Waals surface area contributed by atoms with Crippen LogP contribution in [0.3, 0.4) is 0 Å². The summed E-state index contributed by atoms with van der Waals surface area (Å²) in [5, 5.41) is 0.415. The Hall–Kier alpha value is -0.600. The van der Waals surface area contributed by atoms with Gasteiger partial charge in [0.05, 0.1) is 12.2 Å². The molecule has 0 aliphatic heterocycles. The monoisotopic (exact) mass is 216 g/mol. The van der Waals surface area contributed by atoms with E-state index in [1.807, 2.05) is 13.8 Å². The molecule has 0 saturated heterocycles. The first kappa shape index (κ1) is 11.5. The van der Waals surface area contributed by atoms with Crippen molar-refractivity contribution >= 4 is 11.6 Å². The maximum Gasteiger partial charge on any atom is 0.130 e. The van der Waals surface area contributed by atoms with Crippen molar-refractivity contribution < 1.29 is 9.13 Å². The first-order valence-electron chi connectivity index (χ1n) is 4.61. The molecule has 1 rings (SSSR count). The molecule has 0 amide bonds. The maximum atomic E-state index is 13.4. The highest BCUT2D eigenvalue weighted by molar-refractivity contribution is 6.31. The number of hydrogen-bond acceptors (Lipinski definition) is 1. The van der Waals surface area contributed by atoms with Crippen molar-refractivity contribution in [1.82, 2.24) is 0 Å². The van der Waals surface area contributed by atoms with E-state index in [-0.39, 0.29) is 18.0 Å². The van der Waals surface area contributed by atoms with Crippen molar-refractivity contribution in [3.63, 3.8) is 0 Å². The zero-order chi connectivity index (χ0) is 10.7. The molecular formula is C11H14ClFO. The largest absolute Gasteiger partial charge is 0.371 e. The van der Waals surface area contributed by atoms with Crippen LogP contribution in [0.25, 0.3) is 0 Å². The molecule has 1 atom stereocenters. The minimum Gasteiger partial charge on any atom is -0.371 e. The van der Waals surface area contributed by atoms with Gasteiger partial charge in [-0.25, -0.2) is 4.39 Å². The van der Waals surface area contributed by atoms with Gasteiger partial charge in [-0.1, -0.05) is 17.7 Å². The molecule has 0 aliphatic rings. The van der Waals surface area contributed by atoms with E-state index in [4.69, 9.17) is 16.3 Å². The summed E-state index contributed by atoms with van der Waals surface area (Å²) >= 11 is 5.89. The van der Waals surface area contributed by atoms with Gasteiger partial charge < -0.3 is 4.74 Å². The van der Waals surface area contributed by atoms with Gasteiger partial charge in [0.15, 0.2) is 0 Å². The van der Waals surface area contributed by atoms with E-state index in [1.54, 1.807) is 19.1 Å². The third-order valence-corrected chi connectivity index (χ3v) is 2.21. The van der Waals surface area contributed by atoms with Gasteiger partial charge >= 0.3 is 0 Å². The van der Waals surface area contributed by atoms with Crippen LogP contribution in [0.15, 0.2) is 18.2 Å². The smallest absolute Gasteiger partial charge is 0.130 e.